The van der Waals surface area contributed by atoms with E-state index >= 15 is 0 Å². The number of amides is 2. The molecule has 0 aliphatic heterocycles. The molecule has 1 aliphatic carbocycles. The van der Waals surface area contributed by atoms with Gasteiger partial charge in [0.25, 0.3) is 5.91 Å². The number of para-hydroxylation sites is 1. The lowest BCUT2D eigenvalue weighted by atomic mass is 9.94. The van der Waals surface area contributed by atoms with Crippen molar-refractivity contribution in [3.63, 3.8) is 0 Å². The number of benzene rings is 2. The SMILES string of the molecule is CCOc1ccccc1C(C(=O)NC1CCCCC1)N(Cc1ccc(C)cc1)C(=O)c1ccccn1. The number of hydrogen-bond acceptors (Lipinski definition) is 4. The summed E-state index contributed by atoms with van der Waals surface area (Å²) in [5.41, 5.74) is 3.04. The first-order chi connectivity index (χ1) is 17.6. The Balaban J connectivity index is 1.78. The lowest BCUT2D eigenvalue weighted by molar-refractivity contribution is -0.127. The molecular weight excluding hydrogens is 450 g/mol. The molecule has 1 N–H and O–H groups in total. The fourth-order valence-corrected chi connectivity index (χ4v) is 4.78. The summed E-state index contributed by atoms with van der Waals surface area (Å²) in [4.78, 5) is 33.9. The van der Waals surface area contributed by atoms with Crippen LogP contribution in [-0.2, 0) is 11.3 Å². The minimum atomic E-state index is -0.870. The van der Waals surface area contributed by atoms with Crippen molar-refractivity contribution in [3.05, 3.63) is 95.3 Å². The van der Waals surface area contributed by atoms with Crippen molar-refractivity contribution >= 4 is 11.8 Å². The summed E-state index contributed by atoms with van der Waals surface area (Å²) in [5, 5.41) is 3.26. The zero-order valence-electron chi connectivity index (χ0n) is 21.2. The summed E-state index contributed by atoms with van der Waals surface area (Å²) in [6.07, 6.45) is 6.91. The lowest BCUT2D eigenvalue weighted by Crippen LogP contribution is -2.47. The molecule has 0 radical (unpaired) electrons. The van der Waals surface area contributed by atoms with Gasteiger partial charge < -0.3 is 15.0 Å². The van der Waals surface area contributed by atoms with Crippen molar-refractivity contribution in [3.8, 4) is 5.75 Å². The van der Waals surface area contributed by atoms with Gasteiger partial charge in [-0.3, -0.25) is 14.6 Å². The van der Waals surface area contributed by atoms with E-state index < -0.39 is 6.04 Å². The molecule has 4 rings (SSSR count). The molecule has 2 amide bonds. The molecule has 1 unspecified atom stereocenters. The van der Waals surface area contributed by atoms with Crippen LogP contribution >= 0.6 is 0 Å². The molecule has 6 nitrogen and oxygen atoms in total. The Morgan fingerprint density at radius 3 is 2.42 bits per heavy atom. The van der Waals surface area contributed by atoms with E-state index in [0.717, 1.165) is 36.8 Å². The molecule has 36 heavy (non-hydrogen) atoms. The number of aromatic nitrogens is 1. The lowest BCUT2D eigenvalue weighted by Gasteiger charge is -2.34. The third-order valence-corrected chi connectivity index (χ3v) is 6.64. The average Bonchev–Trinajstić information content (AvgIpc) is 2.91. The molecule has 0 spiro atoms. The van der Waals surface area contributed by atoms with Gasteiger partial charge in [0, 0.05) is 24.3 Å². The predicted molar refractivity (Wildman–Crippen MR) is 141 cm³/mol. The fraction of sp³-hybridized carbons (Fsp3) is 0.367. The van der Waals surface area contributed by atoms with Gasteiger partial charge in [0.2, 0.25) is 5.91 Å². The standard InChI is InChI=1S/C30H35N3O3/c1-3-36-27-15-8-7-13-25(27)28(29(34)32-24-11-5-4-6-12-24)33(21-23-18-16-22(2)17-19-23)30(35)26-14-9-10-20-31-26/h7-10,13-20,24,28H,3-6,11-12,21H2,1-2H3,(H,32,34). The maximum atomic E-state index is 14.0. The molecule has 6 heteroatoms. The molecular formula is C30H35N3O3. The first-order valence-electron chi connectivity index (χ1n) is 12.9. The van der Waals surface area contributed by atoms with Crippen molar-refractivity contribution in [2.75, 3.05) is 6.61 Å². The number of rotatable bonds is 9. The summed E-state index contributed by atoms with van der Waals surface area (Å²) in [5.74, 6) is 0.114. The van der Waals surface area contributed by atoms with E-state index in [0.29, 0.717) is 23.6 Å². The highest BCUT2D eigenvalue weighted by Crippen LogP contribution is 2.33. The molecule has 1 aliphatic rings. The molecule has 1 saturated carbocycles. The summed E-state index contributed by atoms with van der Waals surface area (Å²) in [7, 11) is 0. The maximum Gasteiger partial charge on any atom is 0.273 e. The van der Waals surface area contributed by atoms with Crippen LogP contribution < -0.4 is 10.1 Å². The van der Waals surface area contributed by atoms with Crippen LogP contribution in [0.2, 0.25) is 0 Å². The number of aryl methyl sites for hydroxylation is 1. The monoisotopic (exact) mass is 485 g/mol. The van der Waals surface area contributed by atoms with Crippen molar-refractivity contribution in [1.29, 1.82) is 0 Å². The molecule has 1 atom stereocenters. The molecule has 0 saturated heterocycles. The summed E-state index contributed by atoms with van der Waals surface area (Å²) >= 11 is 0. The van der Waals surface area contributed by atoms with Gasteiger partial charge in [-0.05, 0) is 50.5 Å². The van der Waals surface area contributed by atoms with E-state index in [1.165, 1.54) is 6.42 Å². The minimum Gasteiger partial charge on any atom is -0.494 e. The van der Waals surface area contributed by atoms with E-state index in [1.807, 2.05) is 62.4 Å². The van der Waals surface area contributed by atoms with Crippen molar-refractivity contribution in [1.82, 2.24) is 15.2 Å². The Hall–Kier alpha value is -3.67. The van der Waals surface area contributed by atoms with E-state index in [9.17, 15) is 9.59 Å². The second-order valence-electron chi connectivity index (χ2n) is 9.35. The highest BCUT2D eigenvalue weighted by Gasteiger charge is 2.35. The van der Waals surface area contributed by atoms with Crippen LogP contribution in [0.5, 0.6) is 5.75 Å². The number of nitrogens with zero attached hydrogens (tertiary/aromatic N) is 2. The van der Waals surface area contributed by atoms with Gasteiger partial charge in [-0.25, -0.2) is 0 Å². The fourth-order valence-electron chi connectivity index (χ4n) is 4.78. The van der Waals surface area contributed by atoms with Crippen LogP contribution in [0.4, 0.5) is 0 Å². The third kappa shape index (κ3) is 6.30. The molecule has 1 heterocycles. The predicted octanol–water partition coefficient (Wildman–Crippen LogP) is 5.62. The van der Waals surface area contributed by atoms with E-state index in [-0.39, 0.29) is 24.4 Å². The third-order valence-electron chi connectivity index (χ3n) is 6.64. The van der Waals surface area contributed by atoms with E-state index in [2.05, 4.69) is 10.3 Å². The van der Waals surface area contributed by atoms with Crippen LogP contribution in [0.15, 0.2) is 72.9 Å². The van der Waals surface area contributed by atoms with Gasteiger partial charge in [-0.15, -0.1) is 0 Å². The Labute approximate surface area is 213 Å². The smallest absolute Gasteiger partial charge is 0.273 e. The minimum absolute atomic E-state index is 0.110. The van der Waals surface area contributed by atoms with Crippen molar-refractivity contribution in [2.45, 2.75) is 64.6 Å². The quantitative estimate of drug-likeness (QED) is 0.427. The molecule has 1 fully saturated rings. The Kier molecular flexibility index (Phi) is 8.71. The topological polar surface area (TPSA) is 71.5 Å². The summed E-state index contributed by atoms with van der Waals surface area (Å²) < 4.78 is 5.93. The van der Waals surface area contributed by atoms with Crippen LogP contribution in [0.1, 0.15) is 72.2 Å². The highest BCUT2D eigenvalue weighted by molar-refractivity contribution is 5.96. The largest absolute Gasteiger partial charge is 0.494 e. The molecule has 2 aromatic carbocycles. The van der Waals surface area contributed by atoms with Crippen molar-refractivity contribution in [2.24, 2.45) is 0 Å². The molecule has 0 bridgehead atoms. The van der Waals surface area contributed by atoms with Crippen molar-refractivity contribution < 1.29 is 14.3 Å². The Morgan fingerprint density at radius 1 is 1.00 bits per heavy atom. The first-order valence-corrected chi connectivity index (χ1v) is 12.9. The maximum absolute atomic E-state index is 14.0. The van der Waals surface area contributed by atoms with Crippen LogP contribution in [0, 0.1) is 6.92 Å². The number of hydrogen-bond donors (Lipinski definition) is 1. The Bertz CT molecular complexity index is 1140. The first kappa shape index (κ1) is 25.4. The molecule has 3 aromatic rings. The van der Waals surface area contributed by atoms with E-state index in [1.54, 1.807) is 29.3 Å². The Morgan fingerprint density at radius 2 is 1.72 bits per heavy atom. The zero-order chi connectivity index (χ0) is 25.3. The van der Waals surface area contributed by atoms with Gasteiger partial charge in [-0.2, -0.15) is 0 Å². The number of ether oxygens (including phenoxy) is 1. The number of carbonyl (C=O) groups excluding carboxylic acids is 2. The number of pyridine rings is 1. The van der Waals surface area contributed by atoms with Gasteiger partial charge >= 0.3 is 0 Å². The highest BCUT2D eigenvalue weighted by atomic mass is 16.5. The molecule has 188 valence electrons. The second-order valence-corrected chi connectivity index (χ2v) is 9.35. The normalized spacial score (nSPS) is 14.6. The number of carbonyl (C=O) groups is 2. The summed E-state index contributed by atoms with van der Waals surface area (Å²) in [6.45, 7) is 4.66. The van der Waals surface area contributed by atoms with Gasteiger partial charge in [0.05, 0.1) is 6.61 Å². The second kappa shape index (κ2) is 12.3. The molecule has 1 aromatic heterocycles. The van der Waals surface area contributed by atoms with Crippen LogP contribution in [0.25, 0.3) is 0 Å². The number of nitrogens with one attached hydrogen (secondary N) is 1. The van der Waals surface area contributed by atoms with Crippen LogP contribution in [-0.4, -0.2) is 34.3 Å². The van der Waals surface area contributed by atoms with Crippen LogP contribution in [0.3, 0.4) is 0 Å². The van der Waals surface area contributed by atoms with Gasteiger partial charge in [0.15, 0.2) is 0 Å². The zero-order valence-corrected chi connectivity index (χ0v) is 21.2. The average molecular weight is 486 g/mol. The van der Waals surface area contributed by atoms with Gasteiger partial charge in [0.1, 0.15) is 17.5 Å². The summed E-state index contributed by atoms with van der Waals surface area (Å²) in [6, 6.07) is 20.0. The van der Waals surface area contributed by atoms with E-state index in [4.69, 9.17) is 4.74 Å². The van der Waals surface area contributed by atoms with Gasteiger partial charge in [-0.1, -0.05) is 73.4 Å².